The molecule has 1 atom stereocenters. The Hall–Kier alpha value is -3.11. The van der Waals surface area contributed by atoms with Gasteiger partial charge in [-0.2, -0.15) is 4.98 Å². The summed E-state index contributed by atoms with van der Waals surface area (Å²) in [5, 5.41) is 13.9. The molecule has 10 heteroatoms. The van der Waals surface area contributed by atoms with Crippen LogP contribution < -0.4 is 21.3 Å². The number of benzene rings is 1. The van der Waals surface area contributed by atoms with Crippen LogP contribution in [0.3, 0.4) is 0 Å². The van der Waals surface area contributed by atoms with Gasteiger partial charge in [0.25, 0.3) is 5.56 Å². The Balaban J connectivity index is 1.81. The van der Waals surface area contributed by atoms with E-state index in [1.165, 1.54) is 10.1 Å². The Labute approximate surface area is 192 Å². The number of anilines is 1. The van der Waals surface area contributed by atoms with Crippen LogP contribution in [0.1, 0.15) is 26.3 Å². The standard InChI is InChI=1S/C23H34N6O4/c1-5-16-8-10-18(11-9-16)33-15-17(30)14-29-19-20(27(4)23(32)26-21(19)31)25-22(29)24-12-13-28(6-2)7-3/h8-11,17,30H,5-7,12-15H2,1-4H3,(H,24,25)(H,26,31,32)/t17-/m1/s1. The molecule has 180 valence electrons. The number of aliphatic hydroxyl groups is 1. The molecule has 2 heterocycles. The minimum Gasteiger partial charge on any atom is -0.491 e. The zero-order valence-electron chi connectivity index (χ0n) is 19.8. The highest BCUT2D eigenvalue weighted by Crippen LogP contribution is 2.17. The van der Waals surface area contributed by atoms with Gasteiger partial charge in [0.15, 0.2) is 11.2 Å². The molecule has 3 aromatic rings. The van der Waals surface area contributed by atoms with Crippen molar-refractivity contribution in [1.82, 2.24) is 24.0 Å². The first kappa shape index (κ1) is 24.5. The van der Waals surface area contributed by atoms with Crippen molar-refractivity contribution in [2.45, 2.75) is 39.8 Å². The van der Waals surface area contributed by atoms with Crippen LogP contribution in [0, 0.1) is 0 Å². The van der Waals surface area contributed by atoms with Crippen molar-refractivity contribution in [3.8, 4) is 5.75 Å². The van der Waals surface area contributed by atoms with E-state index in [1.807, 2.05) is 24.3 Å². The third-order valence-electron chi connectivity index (χ3n) is 5.78. The van der Waals surface area contributed by atoms with Gasteiger partial charge in [-0.05, 0) is 37.2 Å². The maximum atomic E-state index is 12.6. The highest BCUT2D eigenvalue weighted by atomic mass is 16.5. The summed E-state index contributed by atoms with van der Waals surface area (Å²) < 4.78 is 8.64. The van der Waals surface area contributed by atoms with Gasteiger partial charge in [-0.15, -0.1) is 0 Å². The normalized spacial score (nSPS) is 12.4. The molecule has 0 radical (unpaired) electrons. The second-order valence-corrected chi connectivity index (χ2v) is 7.95. The molecule has 0 aliphatic heterocycles. The topological polar surface area (TPSA) is 117 Å². The maximum Gasteiger partial charge on any atom is 0.329 e. The van der Waals surface area contributed by atoms with Gasteiger partial charge in [-0.25, -0.2) is 4.79 Å². The molecule has 3 N–H and O–H groups in total. The number of ether oxygens (including phenoxy) is 1. The van der Waals surface area contributed by atoms with Crippen LogP contribution in [0.4, 0.5) is 5.95 Å². The fourth-order valence-electron chi connectivity index (χ4n) is 3.69. The Morgan fingerprint density at radius 2 is 1.88 bits per heavy atom. The van der Waals surface area contributed by atoms with Crippen molar-refractivity contribution in [3.63, 3.8) is 0 Å². The molecule has 0 amide bonds. The second kappa shape index (κ2) is 11.2. The molecule has 2 aromatic heterocycles. The lowest BCUT2D eigenvalue weighted by atomic mass is 10.2. The van der Waals surface area contributed by atoms with Crippen LogP contribution in [0.2, 0.25) is 0 Å². The zero-order valence-corrected chi connectivity index (χ0v) is 19.8. The van der Waals surface area contributed by atoms with E-state index < -0.39 is 17.4 Å². The first-order valence-corrected chi connectivity index (χ1v) is 11.4. The first-order chi connectivity index (χ1) is 15.9. The van der Waals surface area contributed by atoms with Gasteiger partial charge >= 0.3 is 5.69 Å². The average molecular weight is 459 g/mol. The summed E-state index contributed by atoms with van der Waals surface area (Å²) in [7, 11) is 1.55. The third kappa shape index (κ3) is 5.82. The fourth-order valence-corrected chi connectivity index (χ4v) is 3.69. The molecule has 10 nitrogen and oxygen atoms in total. The van der Waals surface area contributed by atoms with Crippen molar-refractivity contribution in [2.75, 3.05) is 38.1 Å². The molecule has 0 saturated heterocycles. The van der Waals surface area contributed by atoms with Crippen LogP contribution in [-0.4, -0.2) is 68.0 Å². The number of fused-ring (bicyclic) bond motifs is 1. The highest BCUT2D eigenvalue weighted by molar-refractivity contribution is 5.74. The van der Waals surface area contributed by atoms with Crippen LogP contribution in [-0.2, 0) is 20.0 Å². The SMILES string of the molecule is CCc1ccc(OC[C@H](O)Cn2c(NCCN(CC)CC)nc3c2c(=O)[nH]c(=O)n3C)cc1. The molecule has 0 unspecified atom stereocenters. The summed E-state index contributed by atoms with van der Waals surface area (Å²) >= 11 is 0. The van der Waals surface area contributed by atoms with Gasteiger partial charge in [0.2, 0.25) is 5.95 Å². The fraction of sp³-hybridized carbons (Fsp3) is 0.522. The highest BCUT2D eigenvalue weighted by Gasteiger charge is 2.20. The molecule has 0 aliphatic rings. The molecule has 0 fully saturated rings. The number of aromatic amines is 1. The Morgan fingerprint density at radius 1 is 1.18 bits per heavy atom. The van der Waals surface area contributed by atoms with E-state index in [9.17, 15) is 14.7 Å². The van der Waals surface area contributed by atoms with Gasteiger partial charge in [-0.1, -0.05) is 32.9 Å². The average Bonchev–Trinajstić information content (AvgIpc) is 3.18. The number of imidazole rings is 1. The van der Waals surface area contributed by atoms with E-state index in [2.05, 4.69) is 41.0 Å². The van der Waals surface area contributed by atoms with Gasteiger partial charge in [0.1, 0.15) is 18.5 Å². The van der Waals surface area contributed by atoms with E-state index in [-0.39, 0.29) is 24.3 Å². The minimum absolute atomic E-state index is 0.0493. The summed E-state index contributed by atoms with van der Waals surface area (Å²) in [5.74, 6) is 1.09. The quantitative estimate of drug-likeness (QED) is 0.373. The van der Waals surface area contributed by atoms with Crippen molar-refractivity contribution in [3.05, 3.63) is 50.7 Å². The number of hydrogen-bond acceptors (Lipinski definition) is 7. The van der Waals surface area contributed by atoms with Crippen LogP contribution in [0.25, 0.3) is 11.2 Å². The summed E-state index contributed by atoms with van der Waals surface area (Å²) in [6.45, 7) is 9.67. The lowest BCUT2D eigenvalue weighted by Crippen LogP contribution is -2.31. The van der Waals surface area contributed by atoms with Crippen molar-refractivity contribution in [2.24, 2.45) is 7.05 Å². The van der Waals surface area contributed by atoms with Crippen LogP contribution in [0.15, 0.2) is 33.9 Å². The van der Waals surface area contributed by atoms with Gasteiger partial charge in [0.05, 0.1) is 6.54 Å². The molecular weight excluding hydrogens is 424 g/mol. The molecule has 0 saturated carbocycles. The third-order valence-corrected chi connectivity index (χ3v) is 5.78. The number of aliphatic hydroxyl groups excluding tert-OH is 1. The van der Waals surface area contributed by atoms with Gasteiger partial charge in [-0.3, -0.25) is 14.3 Å². The molecule has 33 heavy (non-hydrogen) atoms. The first-order valence-electron chi connectivity index (χ1n) is 11.4. The van der Waals surface area contributed by atoms with Crippen LogP contribution in [0.5, 0.6) is 5.75 Å². The van der Waals surface area contributed by atoms with Crippen molar-refractivity contribution in [1.29, 1.82) is 0 Å². The minimum atomic E-state index is -0.895. The predicted octanol–water partition coefficient (Wildman–Crippen LogP) is 1.18. The number of likely N-dealkylation sites (N-methyl/N-ethyl adjacent to an activating group) is 1. The summed E-state index contributed by atoms with van der Waals surface area (Å²) in [4.78, 5) is 33.7. The van der Waals surface area contributed by atoms with Crippen LogP contribution >= 0.6 is 0 Å². The molecule has 0 spiro atoms. The number of rotatable bonds is 12. The monoisotopic (exact) mass is 458 g/mol. The molecule has 0 bridgehead atoms. The number of hydrogen-bond donors (Lipinski definition) is 3. The number of nitrogens with zero attached hydrogens (tertiary/aromatic N) is 4. The summed E-state index contributed by atoms with van der Waals surface area (Å²) in [6.07, 6.45) is 0.0470. The second-order valence-electron chi connectivity index (χ2n) is 7.95. The maximum absolute atomic E-state index is 12.6. The Morgan fingerprint density at radius 3 is 2.52 bits per heavy atom. The lowest BCUT2D eigenvalue weighted by molar-refractivity contribution is 0.0938. The number of H-pyrrole nitrogens is 1. The van der Waals surface area contributed by atoms with E-state index in [0.29, 0.717) is 18.2 Å². The zero-order chi connectivity index (χ0) is 24.0. The number of nitrogens with one attached hydrogen (secondary N) is 2. The van der Waals surface area contributed by atoms with Crippen molar-refractivity contribution < 1.29 is 9.84 Å². The molecule has 1 aromatic carbocycles. The van der Waals surface area contributed by atoms with E-state index in [4.69, 9.17) is 4.74 Å². The molecule has 0 aliphatic carbocycles. The van der Waals surface area contributed by atoms with Gasteiger partial charge in [0, 0.05) is 20.1 Å². The molecular formula is C23H34N6O4. The largest absolute Gasteiger partial charge is 0.491 e. The summed E-state index contributed by atoms with van der Waals surface area (Å²) in [6, 6.07) is 7.73. The number of aryl methyl sites for hydroxylation is 2. The van der Waals surface area contributed by atoms with E-state index >= 15 is 0 Å². The van der Waals surface area contributed by atoms with E-state index in [0.717, 1.165) is 26.1 Å². The lowest BCUT2D eigenvalue weighted by Gasteiger charge is -2.19. The molecule has 3 rings (SSSR count). The summed E-state index contributed by atoms with van der Waals surface area (Å²) in [5.41, 5.74) is 0.621. The van der Waals surface area contributed by atoms with Crippen molar-refractivity contribution >= 4 is 17.1 Å². The smallest absolute Gasteiger partial charge is 0.329 e. The van der Waals surface area contributed by atoms with Gasteiger partial charge < -0.3 is 24.6 Å². The van der Waals surface area contributed by atoms with E-state index in [1.54, 1.807) is 11.6 Å². The number of aromatic nitrogens is 4. The Kier molecular flexibility index (Phi) is 8.29. The predicted molar refractivity (Wildman–Crippen MR) is 129 cm³/mol. The Bertz CT molecular complexity index is 1160.